The zero-order valence-electron chi connectivity index (χ0n) is 49.5. The van der Waals surface area contributed by atoms with Crippen molar-refractivity contribution < 1.29 is 87.5 Å². The molecular weight excluding hydrogens is 1140 g/mol. The number of nitrogens with two attached hydrogens (primary N) is 6. The lowest BCUT2D eigenvalue weighted by molar-refractivity contribution is -0.143. The third kappa shape index (κ3) is 33.3. The summed E-state index contributed by atoms with van der Waals surface area (Å²) in [5.41, 5.74) is 33.2. The molecule has 0 saturated carbocycles. The molecule has 0 heterocycles. The standard InChI is InChI=1S/C52H92N16O18/c1-26(2)25-36(67-47(81)31(14-18-37(56)69)64-45(79)32(15-19-38(70)71)62-43(77)29(55)11-10-24-59-52(57)58)49(83)63-30(12-6-8-22-53)44(78)60-28(5)42(76)61-34(17-21-40(74)75)48(82)68-41(27(3)4)50(84)65-33(16-20-39(72)73)46(80)66-35(51(85)86)13-7-9-23-54/h26-36,41H,6-25,53-55H2,1-5H3,(H2,56,69)(H,60,78)(H,61,76)(H,62,77)(H,63,83)(H,64,79)(H,65,84)(H,66,80)(H,67,81)(H,68,82)(H,70,71)(H,72,73)(H,74,75)(H,85,86)(H4,57,58,59)/t28-,29-,30-,31-,32-,33-,34-,35-,36-,41-/m0/s1. The number of carbonyl (C=O) groups is 14. The van der Waals surface area contributed by atoms with Crippen molar-refractivity contribution in [3.8, 4) is 0 Å². The Balaban J connectivity index is 6.67. The number of amides is 10. The Labute approximate surface area is 498 Å². The van der Waals surface area contributed by atoms with Crippen LogP contribution >= 0.6 is 0 Å². The summed E-state index contributed by atoms with van der Waals surface area (Å²) in [5, 5.41) is 59.7. The molecular formula is C52H92N16O18. The molecule has 34 nitrogen and oxygen atoms in total. The van der Waals surface area contributed by atoms with Crippen LogP contribution in [0.5, 0.6) is 0 Å². The highest BCUT2D eigenvalue weighted by atomic mass is 16.4. The van der Waals surface area contributed by atoms with E-state index in [0.717, 1.165) is 0 Å². The zero-order valence-corrected chi connectivity index (χ0v) is 49.5. The van der Waals surface area contributed by atoms with E-state index in [-0.39, 0.29) is 70.0 Å². The largest absolute Gasteiger partial charge is 0.481 e. The lowest BCUT2D eigenvalue weighted by Crippen LogP contribution is -2.60. The van der Waals surface area contributed by atoms with E-state index in [0.29, 0.717) is 19.3 Å². The second-order valence-electron chi connectivity index (χ2n) is 21.3. The summed E-state index contributed by atoms with van der Waals surface area (Å²) in [6.45, 7) is 8.11. The molecule has 488 valence electrons. The van der Waals surface area contributed by atoms with E-state index in [1.54, 1.807) is 13.8 Å². The van der Waals surface area contributed by atoms with Gasteiger partial charge in [-0.2, -0.15) is 0 Å². The average Bonchev–Trinajstić information content (AvgIpc) is 3.38. The molecule has 34 heteroatoms. The molecule has 0 radical (unpaired) electrons. The van der Waals surface area contributed by atoms with Crippen LogP contribution in [0.4, 0.5) is 0 Å². The maximum Gasteiger partial charge on any atom is 0.326 e. The molecule has 10 amide bonds. The molecule has 0 spiro atoms. The fraction of sp³-hybridized carbons (Fsp3) is 0.712. The van der Waals surface area contributed by atoms with Crippen molar-refractivity contribution in [1.82, 2.24) is 47.9 Å². The molecule has 0 unspecified atom stereocenters. The Kier molecular flexibility index (Phi) is 37.7. The topological polar surface area (TPSA) is 597 Å². The summed E-state index contributed by atoms with van der Waals surface area (Å²) in [6.07, 6.45) is -2.92. The quantitative estimate of drug-likeness (QED) is 0.0154. The number of aliphatic carboxylic acids is 4. The van der Waals surface area contributed by atoms with E-state index in [9.17, 15) is 87.5 Å². The Morgan fingerprint density at radius 1 is 0.395 bits per heavy atom. The van der Waals surface area contributed by atoms with E-state index in [2.05, 4.69) is 52.8 Å². The van der Waals surface area contributed by atoms with Gasteiger partial charge in [0.1, 0.15) is 54.4 Å². The van der Waals surface area contributed by atoms with Crippen LogP contribution in [-0.4, -0.2) is 189 Å². The van der Waals surface area contributed by atoms with Gasteiger partial charge in [-0.25, -0.2) is 4.79 Å². The SMILES string of the molecule is CC(C)C[C@H](NC(=O)[C@H](CCC(N)=O)NC(=O)[C@H](CCC(=O)O)NC(=O)[C@@H](N)CCCN=C(N)N)C(=O)N[C@@H](CCCCN)C(=O)N[C@@H](C)C(=O)N[C@@H](CCC(=O)O)C(=O)N[C@H](C(=O)N[C@@H](CCC(=O)O)C(=O)N[C@@H](CCCCN)C(=O)O)C(C)C. The van der Waals surface area contributed by atoms with Crippen LogP contribution in [0.25, 0.3) is 0 Å². The van der Waals surface area contributed by atoms with Gasteiger partial charge in [-0.1, -0.05) is 27.7 Å². The van der Waals surface area contributed by atoms with Gasteiger partial charge in [-0.15, -0.1) is 0 Å². The summed E-state index contributed by atoms with van der Waals surface area (Å²) in [7, 11) is 0. The smallest absolute Gasteiger partial charge is 0.326 e. The second kappa shape index (κ2) is 41.7. The number of carbonyl (C=O) groups excluding carboxylic acids is 10. The first kappa shape index (κ1) is 77.7. The molecule has 0 aliphatic heterocycles. The first-order chi connectivity index (χ1) is 40.2. The third-order valence-electron chi connectivity index (χ3n) is 12.9. The predicted molar refractivity (Wildman–Crippen MR) is 308 cm³/mol. The van der Waals surface area contributed by atoms with E-state index in [1.165, 1.54) is 20.8 Å². The predicted octanol–water partition coefficient (Wildman–Crippen LogP) is -5.34. The summed E-state index contributed by atoms with van der Waals surface area (Å²) >= 11 is 0. The Morgan fingerprint density at radius 3 is 1.16 bits per heavy atom. The molecule has 25 N–H and O–H groups in total. The Morgan fingerprint density at radius 2 is 0.756 bits per heavy atom. The van der Waals surface area contributed by atoms with Gasteiger partial charge in [-0.05, 0) is 115 Å². The minimum absolute atomic E-state index is 0.0345. The van der Waals surface area contributed by atoms with Crippen molar-refractivity contribution in [1.29, 1.82) is 0 Å². The number of carboxylic acids is 4. The van der Waals surface area contributed by atoms with Crippen LogP contribution in [0.1, 0.15) is 144 Å². The van der Waals surface area contributed by atoms with E-state index < -0.39 is 201 Å². The maximum atomic E-state index is 14.2. The number of primary amides is 1. The van der Waals surface area contributed by atoms with Crippen molar-refractivity contribution in [3.05, 3.63) is 0 Å². The fourth-order valence-corrected chi connectivity index (χ4v) is 8.13. The summed E-state index contributed by atoms with van der Waals surface area (Å²) < 4.78 is 0. The number of nitrogens with one attached hydrogen (secondary N) is 9. The van der Waals surface area contributed by atoms with Gasteiger partial charge in [0.2, 0.25) is 59.1 Å². The minimum Gasteiger partial charge on any atom is -0.481 e. The van der Waals surface area contributed by atoms with Gasteiger partial charge in [-0.3, -0.25) is 67.3 Å². The number of hydrogen-bond donors (Lipinski definition) is 19. The van der Waals surface area contributed by atoms with Crippen molar-refractivity contribution in [3.63, 3.8) is 0 Å². The molecule has 0 aliphatic rings. The molecule has 0 bridgehead atoms. The van der Waals surface area contributed by atoms with Crippen LogP contribution in [0.15, 0.2) is 4.99 Å². The van der Waals surface area contributed by atoms with Crippen LogP contribution < -0.4 is 82.3 Å². The average molecular weight is 1230 g/mol. The summed E-state index contributed by atoms with van der Waals surface area (Å²) in [5.74, 6) is -16.7. The molecule has 0 fully saturated rings. The normalized spacial score (nSPS) is 14.5. The highest BCUT2D eigenvalue weighted by Crippen LogP contribution is 2.13. The molecule has 0 saturated heterocycles. The highest BCUT2D eigenvalue weighted by Gasteiger charge is 2.36. The van der Waals surface area contributed by atoms with Crippen molar-refractivity contribution >= 4 is 88.9 Å². The Hall–Kier alpha value is -8.27. The number of carboxylic acid groups (broad SMARTS) is 4. The van der Waals surface area contributed by atoms with Crippen LogP contribution in [0.3, 0.4) is 0 Å². The molecule has 0 aromatic heterocycles. The number of aliphatic imine (C=N–C) groups is 1. The number of hydrogen-bond acceptors (Lipinski definition) is 18. The number of nitrogens with zero attached hydrogens (tertiary/aromatic N) is 1. The molecule has 0 aromatic carbocycles. The van der Waals surface area contributed by atoms with Gasteiger partial charge < -0.3 is 103 Å². The molecule has 86 heavy (non-hydrogen) atoms. The van der Waals surface area contributed by atoms with Gasteiger partial charge >= 0.3 is 23.9 Å². The Bertz CT molecular complexity index is 2340. The van der Waals surface area contributed by atoms with Gasteiger partial charge in [0.15, 0.2) is 5.96 Å². The van der Waals surface area contributed by atoms with Crippen LogP contribution in [0.2, 0.25) is 0 Å². The fourth-order valence-electron chi connectivity index (χ4n) is 8.13. The number of unbranched alkanes of at least 4 members (excludes halogenated alkanes) is 2. The number of rotatable bonds is 46. The lowest BCUT2D eigenvalue weighted by Gasteiger charge is -2.28. The summed E-state index contributed by atoms with van der Waals surface area (Å²) in [4.78, 5) is 186. The monoisotopic (exact) mass is 1230 g/mol. The van der Waals surface area contributed by atoms with Crippen LogP contribution in [0, 0.1) is 11.8 Å². The lowest BCUT2D eigenvalue weighted by atomic mass is 10.0. The highest BCUT2D eigenvalue weighted by molar-refractivity contribution is 5.99. The van der Waals surface area contributed by atoms with Gasteiger partial charge in [0.05, 0.1) is 6.04 Å². The summed E-state index contributed by atoms with van der Waals surface area (Å²) in [6, 6.07) is -15.0. The van der Waals surface area contributed by atoms with Crippen molar-refractivity contribution in [2.24, 2.45) is 51.2 Å². The second-order valence-corrected chi connectivity index (χ2v) is 21.3. The molecule has 10 atom stereocenters. The maximum absolute atomic E-state index is 14.2. The number of guanidine groups is 1. The van der Waals surface area contributed by atoms with E-state index in [4.69, 9.17) is 34.4 Å². The van der Waals surface area contributed by atoms with Gasteiger partial charge in [0, 0.05) is 32.2 Å². The molecule has 0 aliphatic carbocycles. The first-order valence-corrected chi connectivity index (χ1v) is 28.4. The van der Waals surface area contributed by atoms with Crippen LogP contribution in [-0.2, 0) is 67.1 Å². The van der Waals surface area contributed by atoms with Crippen molar-refractivity contribution in [2.75, 3.05) is 19.6 Å². The van der Waals surface area contributed by atoms with Gasteiger partial charge in [0.25, 0.3) is 0 Å². The molecule has 0 aromatic rings. The zero-order chi connectivity index (χ0) is 65.8. The first-order valence-electron chi connectivity index (χ1n) is 28.4. The minimum atomic E-state index is -1.69. The van der Waals surface area contributed by atoms with Crippen molar-refractivity contribution in [2.45, 2.75) is 204 Å². The third-order valence-corrected chi connectivity index (χ3v) is 12.9. The van der Waals surface area contributed by atoms with E-state index >= 15 is 0 Å². The van der Waals surface area contributed by atoms with E-state index in [1.807, 2.05) is 0 Å². The molecule has 0 rings (SSSR count).